The van der Waals surface area contributed by atoms with Gasteiger partial charge in [-0.3, -0.25) is 9.59 Å². The van der Waals surface area contributed by atoms with Gasteiger partial charge in [0.05, 0.1) is 18.3 Å². The van der Waals surface area contributed by atoms with E-state index in [1.54, 1.807) is 26.0 Å². The van der Waals surface area contributed by atoms with E-state index in [0.717, 1.165) is 5.56 Å². The molecule has 0 bridgehead atoms. The number of benzene rings is 1. The molecule has 6 nitrogen and oxygen atoms in total. The van der Waals surface area contributed by atoms with Crippen LogP contribution in [-0.4, -0.2) is 39.3 Å². The standard InChI is InChI=1S/C18H17FN2O4/c1-10(2)21-9-13(17(23)18(21)24)16(22)14-8-20-15(25-14)7-11-3-5-12(19)6-4-11/h3-6,8,10,23H,7,9H2,1-2H3. The number of aliphatic hydroxyl groups is 1. The predicted molar refractivity (Wildman–Crippen MR) is 86.5 cm³/mol. The lowest BCUT2D eigenvalue weighted by Crippen LogP contribution is -2.34. The smallest absolute Gasteiger partial charge is 0.289 e. The van der Waals surface area contributed by atoms with Crippen molar-refractivity contribution in [3.05, 3.63) is 64.8 Å². The molecule has 0 fully saturated rings. The first kappa shape index (κ1) is 16.9. The summed E-state index contributed by atoms with van der Waals surface area (Å²) in [6.45, 7) is 3.64. The number of oxazole rings is 1. The summed E-state index contributed by atoms with van der Waals surface area (Å²) < 4.78 is 18.4. The lowest BCUT2D eigenvalue weighted by atomic mass is 10.1. The molecule has 0 atom stereocenters. The molecule has 7 heteroatoms. The lowest BCUT2D eigenvalue weighted by molar-refractivity contribution is -0.129. The van der Waals surface area contributed by atoms with Gasteiger partial charge in [0, 0.05) is 12.5 Å². The number of carbonyl (C=O) groups is 2. The Morgan fingerprint density at radius 2 is 2.04 bits per heavy atom. The summed E-state index contributed by atoms with van der Waals surface area (Å²) in [5, 5.41) is 9.95. The number of halogens is 1. The second-order valence-electron chi connectivity index (χ2n) is 6.10. The quantitative estimate of drug-likeness (QED) is 0.843. The van der Waals surface area contributed by atoms with Crippen LogP contribution in [0.15, 0.2) is 46.2 Å². The first-order chi connectivity index (χ1) is 11.9. The van der Waals surface area contributed by atoms with Crippen molar-refractivity contribution in [1.82, 2.24) is 9.88 Å². The van der Waals surface area contributed by atoms with Crippen molar-refractivity contribution in [3.8, 4) is 0 Å². The Morgan fingerprint density at radius 1 is 1.36 bits per heavy atom. The van der Waals surface area contributed by atoms with Crippen LogP contribution in [0.5, 0.6) is 0 Å². The van der Waals surface area contributed by atoms with Crippen molar-refractivity contribution in [1.29, 1.82) is 0 Å². The molecule has 130 valence electrons. The molecule has 25 heavy (non-hydrogen) atoms. The van der Waals surface area contributed by atoms with Gasteiger partial charge in [0.2, 0.25) is 5.78 Å². The molecule has 1 aliphatic heterocycles. The molecule has 2 heterocycles. The van der Waals surface area contributed by atoms with E-state index in [-0.39, 0.29) is 29.7 Å². The van der Waals surface area contributed by atoms with Crippen LogP contribution in [0.1, 0.15) is 35.9 Å². The van der Waals surface area contributed by atoms with E-state index in [2.05, 4.69) is 4.98 Å². The summed E-state index contributed by atoms with van der Waals surface area (Å²) in [5.74, 6) is -1.77. The first-order valence-electron chi connectivity index (χ1n) is 7.83. The van der Waals surface area contributed by atoms with Crippen LogP contribution in [0.25, 0.3) is 0 Å². The Kier molecular flexibility index (Phi) is 4.39. The highest BCUT2D eigenvalue weighted by molar-refractivity contribution is 6.14. The van der Waals surface area contributed by atoms with E-state index in [1.165, 1.54) is 23.2 Å². The van der Waals surface area contributed by atoms with Gasteiger partial charge in [0.1, 0.15) is 5.82 Å². The number of amides is 1. The Balaban J connectivity index is 1.77. The second-order valence-corrected chi connectivity index (χ2v) is 6.10. The van der Waals surface area contributed by atoms with Crippen LogP contribution in [0.4, 0.5) is 4.39 Å². The SMILES string of the molecule is CC(C)N1CC(C(=O)c2cnc(Cc3ccc(F)cc3)o2)=C(O)C1=O. The van der Waals surface area contributed by atoms with Gasteiger partial charge >= 0.3 is 0 Å². The zero-order valence-corrected chi connectivity index (χ0v) is 13.8. The summed E-state index contributed by atoms with van der Waals surface area (Å²) in [5.41, 5.74) is 0.787. The maximum absolute atomic E-state index is 12.9. The Morgan fingerprint density at radius 3 is 2.64 bits per heavy atom. The van der Waals surface area contributed by atoms with E-state index < -0.39 is 17.4 Å². The molecule has 2 aromatic rings. The monoisotopic (exact) mass is 344 g/mol. The van der Waals surface area contributed by atoms with Crippen LogP contribution >= 0.6 is 0 Å². The zero-order chi connectivity index (χ0) is 18.1. The largest absolute Gasteiger partial charge is 0.503 e. The van der Waals surface area contributed by atoms with E-state index >= 15 is 0 Å². The molecule has 0 aliphatic carbocycles. The molecule has 3 rings (SSSR count). The van der Waals surface area contributed by atoms with Crippen LogP contribution in [0.2, 0.25) is 0 Å². The molecule has 0 saturated heterocycles. The molecule has 0 spiro atoms. The maximum atomic E-state index is 12.9. The number of rotatable bonds is 5. The van der Waals surface area contributed by atoms with Gasteiger partial charge in [-0.05, 0) is 31.5 Å². The van der Waals surface area contributed by atoms with E-state index in [0.29, 0.717) is 12.3 Å². The zero-order valence-electron chi connectivity index (χ0n) is 13.8. The van der Waals surface area contributed by atoms with Gasteiger partial charge in [0.15, 0.2) is 17.4 Å². The van der Waals surface area contributed by atoms with Crippen LogP contribution in [0, 0.1) is 5.82 Å². The number of ketones is 1. The van der Waals surface area contributed by atoms with Gasteiger partial charge in [-0.1, -0.05) is 12.1 Å². The topological polar surface area (TPSA) is 83.6 Å². The molecule has 1 N–H and O–H groups in total. The molecule has 1 aromatic heterocycles. The molecule has 0 radical (unpaired) electrons. The molecule has 0 unspecified atom stereocenters. The normalized spacial score (nSPS) is 14.7. The number of Topliss-reactive ketones (excluding diaryl/α,β-unsaturated/α-hetero) is 1. The number of aliphatic hydroxyl groups excluding tert-OH is 1. The van der Waals surface area contributed by atoms with Crippen LogP contribution in [0.3, 0.4) is 0 Å². The number of aromatic nitrogens is 1. The van der Waals surface area contributed by atoms with Gasteiger partial charge in [-0.15, -0.1) is 0 Å². The van der Waals surface area contributed by atoms with Crippen molar-refractivity contribution in [3.63, 3.8) is 0 Å². The van der Waals surface area contributed by atoms with Crippen molar-refractivity contribution >= 4 is 11.7 Å². The molecular weight excluding hydrogens is 327 g/mol. The Hall–Kier alpha value is -2.96. The number of hydrogen-bond donors (Lipinski definition) is 1. The highest BCUT2D eigenvalue weighted by atomic mass is 19.1. The highest BCUT2D eigenvalue weighted by Gasteiger charge is 2.36. The van der Waals surface area contributed by atoms with Gasteiger partial charge in [-0.25, -0.2) is 9.37 Å². The van der Waals surface area contributed by atoms with Crippen molar-refractivity contribution < 1.29 is 23.5 Å². The third kappa shape index (κ3) is 3.31. The fourth-order valence-electron chi connectivity index (χ4n) is 2.60. The van der Waals surface area contributed by atoms with Crippen molar-refractivity contribution in [2.75, 3.05) is 6.54 Å². The van der Waals surface area contributed by atoms with Crippen LogP contribution < -0.4 is 0 Å². The molecule has 1 amide bonds. The molecular formula is C18H17FN2O4. The summed E-state index contributed by atoms with van der Waals surface area (Å²) in [4.78, 5) is 29.9. The summed E-state index contributed by atoms with van der Waals surface area (Å²) >= 11 is 0. The Labute approximate surface area is 143 Å². The molecule has 1 aliphatic rings. The second kappa shape index (κ2) is 6.51. The van der Waals surface area contributed by atoms with Gasteiger partial charge < -0.3 is 14.4 Å². The van der Waals surface area contributed by atoms with E-state index in [1.807, 2.05) is 0 Å². The minimum atomic E-state index is -0.565. The third-order valence-corrected chi connectivity index (χ3v) is 4.02. The summed E-state index contributed by atoms with van der Waals surface area (Å²) in [6, 6.07) is 5.73. The molecule has 0 saturated carbocycles. The lowest BCUT2D eigenvalue weighted by Gasteiger charge is -2.20. The average Bonchev–Trinajstić information content (AvgIpc) is 3.15. The predicted octanol–water partition coefficient (Wildman–Crippen LogP) is 2.65. The molecule has 1 aromatic carbocycles. The number of carbonyl (C=O) groups excluding carboxylic acids is 2. The fraction of sp³-hybridized carbons (Fsp3) is 0.278. The van der Waals surface area contributed by atoms with Gasteiger partial charge in [0.25, 0.3) is 5.91 Å². The minimum Gasteiger partial charge on any atom is -0.503 e. The highest BCUT2D eigenvalue weighted by Crippen LogP contribution is 2.23. The van der Waals surface area contributed by atoms with Crippen LogP contribution in [-0.2, 0) is 11.2 Å². The number of hydrogen-bond acceptors (Lipinski definition) is 5. The van der Waals surface area contributed by atoms with Crippen molar-refractivity contribution in [2.45, 2.75) is 26.3 Å². The van der Waals surface area contributed by atoms with E-state index in [9.17, 15) is 19.1 Å². The Bertz CT molecular complexity index is 852. The fourth-order valence-corrected chi connectivity index (χ4v) is 2.60. The summed E-state index contributed by atoms with van der Waals surface area (Å²) in [6.07, 6.45) is 1.57. The van der Waals surface area contributed by atoms with E-state index in [4.69, 9.17) is 4.42 Å². The first-order valence-corrected chi connectivity index (χ1v) is 7.83. The summed E-state index contributed by atoms with van der Waals surface area (Å²) in [7, 11) is 0. The number of nitrogens with zero attached hydrogens (tertiary/aromatic N) is 2. The van der Waals surface area contributed by atoms with Crippen molar-refractivity contribution in [2.24, 2.45) is 0 Å². The average molecular weight is 344 g/mol. The minimum absolute atomic E-state index is 0.00295. The van der Waals surface area contributed by atoms with Gasteiger partial charge in [-0.2, -0.15) is 0 Å². The maximum Gasteiger partial charge on any atom is 0.289 e. The third-order valence-electron chi connectivity index (χ3n) is 4.02.